The third-order valence-electron chi connectivity index (χ3n) is 6.97. The number of nitrogens with one attached hydrogen (secondary N) is 1. The molecular formula is C32H37NO4. The lowest BCUT2D eigenvalue weighted by molar-refractivity contribution is -0.143. The zero-order chi connectivity index (χ0) is 26.4. The van der Waals surface area contributed by atoms with Gasteiger partial charge in [-0.3, -0.25) is 9.59 Å². The number of para-hydroxylation sites is 1. The van der Waals surface area contributed by atoms with Crippen LogP contribution in [0.25, 0.3) is 0 Å². The van der Waals surface area contributed by atoms with Gasteiger partial charge in [0.15, 0.2) is 0 Å². The Balaban J connectivity index is 1.33. The summed E-state index contributed by atoms with van der Waals surface area (Å²) in [6, 6.07) is 22.5. The summed E-state index contributed by atoms with van der Waals surface area (Å²) in [5, 5.41) is 12.6. The van der Waals surface area contributed by atoms with Crippen LogP contribution < -0.4 is 10.1 Å². The number of aliphatic carboxylic acids is 1. The number of carboxylic acids is 1. The number of hydrogen-bond acceptors (Lipinski definition) is 4. The van der Waals surface area contributed by atoms with Crippen molar-refractivity contribution in [2.24, 2.45) is 5.41 Å². The van der Waals surface area contributed by atoms with Gasteiger partial charge in [-0.1, -0.05) is 48.5 Å². The maximum Gasteiger partial charge on any atom is 0.316 e. The monoisotopic (exact) mass is 499 g/mol. The van der Waals surface area contributed by atoms with Crippen molar-refractivity contribution < 1.29 is 19.4 Å². The van der Waals surface area contributed by atoms with Gasteiger partial charge in [-0.15, -0.1) is 0 Å². The highest BCUT2D eigenvalue weighted by Crippen LogP contribution is 2.37. The van der Waals surface area contributed by atoms with E-state index in [0.717, 1.165) is 44.2 Å². The molecule has 4 rings (SSSR count). The minimum Gasteiger partial charge on any atom is -0.481 e. The second-order valence-corrected chi connectivity index (χ2v) is 11.0. The van der Waals surface area contributed by atoms with E-state index in [2.05, 4.69) is 35.6 Å². The number of ether oxygens (including phenoxy) is 1. The zero-order valence-electron chi connectivity index (χ0n) is 22.0. The van der Waals surface area contributed by atoms with Gasteiger partial charge in [-0.05, 0) is 105 Å². The Labute approximate surface area is 219 Å². The molecule has 1 atom stereocenters. The van der Waals surface area contributed by atoms with Crippen LogP contribution in [0.4, 0.5) is 5.69 Å². The normalized spacial score (nSPS) is 15.1. The summed E-state index contributed by atoms with van der Waals surface area (Å²) in [6.07, 6.45) is 5.01. The van der Waals surface area contributed by atoms with Crippen LogP contribution in [0.2, 0.25) is 0 Å². The summed E-state index contributed by atoms with van der Waals surface area (Å²) in [5.41, 5.74) is 6.69. The first kappa shape index (κ1) is 26.5. The van der Waals surface area contributed by atoms with Crippen LogP contribution >= 0.6 is 0 Å². The van der Waals surface area contributed by atoms with Crippen molar-refractivity contribution >= 4 is 17.6 Å². The second-order valence-electron chi connectivity index (χ2n) is 11.0. The Bertz CT molecular complexity index is 1240. The maximum atomic E-state index is 12.3. The van der Waals surface area contributed by atoms with Gasteiger partial charge in [-0.25, -0.2) is 0 Å². The molecule has 0 aliphatic heterocycles. The van der Waals surface area contributed by atoms with Gasteiger partial charge >= 0.3 is 11.9 Å². The first-order chi connectivity index (χ1) is 17.7. The molecule has 0 unspecified atom stereocenters. The molecule has 0 spiro atoms. The van der Waals surface area contributed by atoms with E-state index in [1.165, 1.54) is 27.9 Å². The fourth-order valence-electron chi connectivity index (χ4n) is 4.85. The maximum absolute atomic E-state index is 12.3. The number of fused-ring (bicyclic) bond motifs is 1. The van der Waals surface area contributed by atoms with Crippen molar-refractivity contribution in [1.82, 2.24) is 0 Å². The summed E-state index contributed by atoms with van der Waals surface area (Å²) in [6.45, 7) is 6.47. The highest BCUT2D eigenvalue weighted by molar-refractivity contribution is 5.78. The molecule has 3 aromatic carbocycles. The fraction of sp³-hybridized carbons (Fsp3) is 0.375. The summed E-state index contributed by atoms with van der Waals surface area (Å²) in [4.78, 5) is 23.1. The third-order valence-corrected chi connectivity index (χ3v) is 6.97. The first-order valence-electron chi connectivity index (χ1n) is 13.2. The molecule has 0 heterocycles. The molecule has 5 heteroatoms. The predicted octanol–water partition coefficient (Wildman–Crippen LogP) is 6.58. The van der Waals surface area contributed by atoms with Crippen LogP contribution in [0.5, 0.6) is 5.75 Å². The number of rotatable bonds is 9. The summed E-state index contributed by atoms with van der Waals surface area (Å²) in [5.74, 6) is 0.0661. The number of carboxylic acid groups (broad SMARTS) is 1. The van der Waals surface area contributed by atoms with E-state index in [1.54, 1.807) is 0 Å². The van der Waals surface area contributed by atoms with E-state index in [1.807, 2.05) is 57.2 Å². The van der Waals surface area contributed by atoms with E-state index in [-0.39, 0.29) is 12.4 Å². The minimum atomic E-state index is -0.802. The molecule has 194 valence electrons. The molecule has 5 nitrogen and oxygen atoms in total. The molecule has 0 saturated heterocycles. The Morgan fingerprint density at radius 2 is 1.70 bits per heavy atom. The number of esters is 1. The number of anilines is 1. The molecule has 0 aromatic heterocycles. The first-order valence-corrected chi connectivity index (χ1v) is 13.2. The molecule has 0 saturated carbocycles. The van der Waals surface area contributed by atoms with Gasteiger partial charge in [0.1, 0.15) is 5.75 Å². The lowest BCUT2D eigenvalue weighted by Gasteiger charge is -2.27. The molecule has 0 fully saturated rings. The van der Waals surface area contributed by atoms with Crippen LogP contribution in [-0.2, 0) is 35.3 Å². The van der Waals surface area contributed by atoms with Crippen molar-refractivity contribution in [3.8, 4) is 5.75 Å². The molecule has 2 N–H and O–H groups in total. The zero-order valence-corrected chi connectivity index (χ0v) is 22.0. The largest absolute Gasteiger partial charge is 0.481 e. The Kier molecular flexibility index (Phi) is 8.32. The number of carbonyl (C=O) groups excluding carboxylic acids is 1. The summed E-state index contributed by atoms with van der Waals surface area (Å²) >= 11 is 0. The Morgan fingerprint density at radius 1 is 0.973 bits per heavy atom. The molecule has 0 amide bonds. The Morgan fingerprint density at radius 3 is 2.43 bits per heavy atom. The van der Waals surface area contributed by atoms with Crippen molar-refractivity contribution in [2.45, 2.75) is 65.2 Å². The predicted molar refractivity (Wildman–Crippen MR) is 147 cm³/mol. The lowest BCUT2D eigenvalue weighted by Crippen LogP contribution is -2.25. The molecular weight excluding hydrogens is 462 g/mol. The fourth-order valence-corrected chi connectivity index (χ4v) is 4.85. The average molecular weight is 500 g/mol. The van der Waals surface area contributed by atoms with E-state index >= 15 is 0 Å². The van der Waals surface area contributed by atoms with Crippen molar-refractivity contribution in [3.05, 3.63) is 94.5 Å². The van der Waals surface area contributed by atoms with Crippen LogP contribution in [0.15, 0.2) is 66.7 Å². The molecule has 3 aromatic rings. The second kappa shape index (κ2) is 11.6. The van der Waals surface area contributed by atoms with Crippen LogP contribution in [-0.4, -0.2) is 23.6 Å². The van der Waals surface area contributed by atoms with E-state index < -0.39 is 11.4 Å². The standard InChI is InChI=1S/C32H37NO4/c1-32(2,3)31(36)37-27-17-16-24-20-26(15-14-25(24)21-27)28-8-4-5-9-29(28)33-18-6-7-22-10-12-23(13-11-22)19-30(34)35/h4-5,8-13,16-17,21,26,33H,6-7,14-15,18-20H2,1-3H3,(H,34,35)/t26-/m1/s1. The van der Waals surface area contributed by atoms with E-state index in [9.17, 15) is 9.59 Å². The third kappa shape index (κ3) is 7.22. The highest BCUT2D eigenvalue weighted by atomic mass is 16.5. The summed E-state index contributed by atoms with van der Waals surface area (Å²) < 4.78 is 5.61. The smallest absolute Gasteiger partial charge is 0.316 e. The van der Waals surface area contributed by atoms with Gasteiger partial charge in [0.2, 0.25) is 0 Å². The SMILES string of the molecule is CC(C)(C)C(=O)Oc1ccc2c(c1)CC[C@@H](c1ccccc1NCCCc1ccc(CC(=O)O)cc1)C2. The number of carbonyl (C=O) groups is 2. The Hall–Kier alpha value is -3.60. The van der Waals surface area contributed by atoms with Gasteiger partial charge in [0.25, 0.3) is 0 Å². The molecule has 37 heavy (non-hydrogen) atoms. The van der Waals surface area contributed by atoms with Crippen molar-refractivity contribution in [2.75, 3.05) is 11.9 Å². The molecule has 1 aliphatic rings. The van der Waals surface area contributed by atoms with Crippen LogP contribution in [0, 0.1) is 5.41 Å². The number of benzene rings is 3. The number of aryl methyl sites for hydroxylation is 2. The quantitative estimate of drug-likeness (QED) is 0.198. The minimum absolute atomic E-state index is 0.0656. The average Bonchev–Trinajstić information content (AvgIpc) is 2.86. The topological polar surface area (TPSA) is 75.6 Å². The van der Waals surface area contributed by atoms with Gasteiger partial charge in [0.05, 0.1) is 11.8 Å². The molecule has 1 aliphatic carbocycles. The lowest BCUT2D eigenvalue weighted by atomic mass is 9.79. The van der Waals surface area contributed by atoms with Crippen molar-refractivity contribution in [3.63, 3.8) is 0 Å². The van der Waals surface area contributed by atoms with Gasteiger partial charge in [0, 0.05) is 12.2 Å². The number of hydrogen-bond donors (Lipinski definition) is 2. The molecule has 0 radical (unpaired) electrons. The van der Waals surface area contributed by atoms with E-state index in [0.29, 0.717) is 11.7 Å². The highest BCUT2D eigenvalue weighted by Gasteiger charge is 2.26. The van der Waals surface area contributed by atoms with E-state index in [4.69, 9.17) is 9.84 Å². The van der Waals surface area contributed by atoms with Crippen molar-refractivity contribution in [1.29, 1.82) is 0 Å². The van der Waals surface area contributed by atoms with Gasteiger partial charge < -0.3 is 15.2 Å². The summed E-state index contributed by atoms with van der Waals surface area (Å²) in [7, 11) is 0. The van der Waals surface area contributed by atoms with Gasteiger partial charge in [-0.2, -0.15) is 0 Å². The van der Waals surface area contributed by atoms with Crippen LogP contribution in [0.1, 0.15) is 67.3 Å². The molecule has 0 bridgehead atoms. The van der Waals surface area contributed by atoms with Crippen LogP contribution in [0.3, 0.4) is 0 Å².